The number of benzene rings is 1. The molecule has 3 rings (SSSR count). The first-order valence-electron chi connectivity index (χ1n) is 7.68. The maximum absolute atomic E-state index is 12.6. The van der Waals surface area contributed by atoms with E-state index in [9.17, 15) is 14.7 Å². The molecule has 1 aromatic rings. The lowest BCUT2D eigenvalue weighted by molar-refractivity contribution is -0.129. The smallest absolute Gasteiger partial charge is 0.352 e. The largest absolute Gasteiger partial charge is 0.477 e. The third-order valence-electron chi connectivity index (χ3n) is 3.99. The summed E-state index contributed by atoms with van der Waals surface area (Å²) < 4.78 is 5.37. The molecule has 1 saturated heterocycles. The summed E-state index contributed by atoms with van der Waals surface area (Å²) in [6.07, 6.45) is 1.87. The number of carbonyl (C=O) groups is 2. The second kappa shape index (κ2) is 6.78. The van der Waals surface area contributed by atoms with E-state index < -0.39 is 12.0 Å². The van der Waals surface area contributed by atoms with E-state index in [2.05, 4.69) is 10.4 Å². The minimum atomic E-state index is -1.10. The zero-order chi connectivity index (χ0) is 16.2. The first-order valence-corrected chi connectivity index (χ1v) is 7.68. The number of nitrogens with zero attached hydrogens (tertiary/aromatic N) is 2. The standard InChI is InChI=1S/C16H19N3O4/c20-15(17-11-5-4-8-23-10-11)14-9-13(16(21)22)18-19(14)12-6-2-1-3-7-12/h1-3,6-7,11,14H,4-5,8-10H2,(H,17,20)(H,21,22)/t11-,14-/m0/s1. The number of anilines is 1. The number of hydrazone groups is 1. The van der Waals surface area contributed by atoms with Crippen molar-refractivity contribution in [2.45, 2.75) is 31.3 Å². The highest BCUT2D eigenvalue weighted by atomic mass is 16.5. The van der Waals surface area contributed by atoms with Gasteiger partial charge in [0.1, 0.15) is 11.8 Å². The highest BCUT2D eigenvalue weighted by molar-refractivity contribution is 6.37. The number of ether oxygens (including phenoxy) is 1. The van der Waals surface area contributed by atoms with E-state index in [0.717, 1.165) is 19.4 Å². The van der Waals surface area contributed by atoms with Gasteiger partial charge in [0.05, 0.1) is 18.3 Å². The van der Waals surface area contributed by atoms with Gasteiger partial charge in [-0.25, -0.2) is 4.79 Å². The molecule has 2 aliphatic heterocycles. The molecule has 0 unspecified atom stereocenters. The molecule has 0 aliphatic carbocycles. The van der Waals surface area contributed by atoms with Gasteiger partial charge in [0.25, 0.3) is 0 Å². The Labute approximate surface area is 133 Å². The van der Waals surface area contributed by atoms with Crippen LogP contribution in [0.15, 0.2) is 35.4 Å². The summed E-state index contributed by atoms with van der Waals surface area (Å²) in [7, 11) is 0. The van der Waals surface area contributed by atoms with Crippen molar-refractivity contribution in [3.8, 4) is 0 Å². The van der Waals surface area contributed by atoms with E-state index in [-0.39, 0.29) is 24.1 Å². The number of hydrogen-bond acceptors (Lipinski definition) is 5. The fourth-order valence-corrected chi connectivity index (χ4v) is 2.81. The van der Waals surface area contributed by atoms with Gasteiger partial charge in [0.2, 0.25) is 5.91 Å². The Balaban J connectivity index is 1.76. The lowest BCUT2D eigenvalue weighted by atomic mass is 10.1. The molecule has 1 amide bonds. The number of hydrogen-bond donors (Lipinski definition) is 2. The van der Waals surface area contributed by atoms with Gasteiger partial charge in [-0.05, 0) is 25.0 Å². The molecule has 2 N–H and O–H groups in total. The molecule has 1 aromatic carbocycles. The number of carboxylic acid groups (broad SMARTS) is 1. The van der Waals surface area contributed by atoms with Gasteiger partial charge >= 0.3 is 5.97 Å². The van der Waals surface area contributed by atoms with Crippen molar-refractivity contribution >= 4 is 23.3 Å². The molecule has 2 atom stereocenters. The highest BCUT2D eigenvalue weighted by Gasteiger charge is 2.37. The van der Waals surface area contributed by atoms with Gasteiger partial charge in [0, 0.05) is 13.0 Å². The number of aliphatic carboxylic acids is 1. The monoisotopic (exact) mass is 317 g/mol. The third kappa shape index (κ3) is 3.50. The first kappa shape index (κ1) is 15.5. The molecule has 2 aliphatic rings. The van der Waals surface area contributed by atoms with Crippen molar-refractivity contribution < 1.29 is 19.4 Å². The number of carboxylic acids is 1. The average Bonchev–Trinajstić information content (AvgIpc) is 3.02. The lowest BCUT2D eigenvalue weighted by Crippen LogP contribution is -2.49. The molecule has 1 fully saturated rings. The topological polar surface area (TPSA) is 91.2 Å². The molecule has 7 heteroatoms. The summed E-state index contributed by atoms with van der Waals surface area (Å²) in [5.74, 6) is -1.31. The normalized spacial score (nSPS) is 24.2. The Hall–Kier alpha value is -2.41. The Bertz CT molecular complexity index is 611. The fraction of sp³-hybridized carbons (Fsp3) is 0.438. The van der Waals surface area contributed by atoms with Crippen LogP contribution in [-0.4, -0.2) is 48.0 Å². The highest BCUT2D eigenvalue weighted by Crippen LogP contribution is 2.25. The third-order valence-corrected chi connectivity index (χ3v) is 3.99. The van der Waals surface area contributed by atoms with Crippen molar-refractivity contribution in [2.75, 3.05) is 18.2 Å². The van der Waals surface area contributed by atoms with Crippen molar-refractivity contribution in [3.05, 3.63) is 30.3 Å². The lowest BCUT2D eigenvalue weighted by Gasteiger charge is -2.27. The molecule has 122 valence electrons. The second-order valence-electron chi connectivity index (χ2n) is 5.67. The van der Waals surface area contributed by atoms with Crippen LogP contribution in [0.25, 0.3) is 0 Å². The Kier molecular flexibility index (Phi) is 4.57. The number of amides is 1. The van der Waals surface area contributed by atoms with Crippen LogP contribution in [0.4, 0.5) is 5.69 Å². The summed E-state index contributed by atoms with van der Waals surface area (Å²) in [4.78, 5) is 23.8. The van der Waals surface area contributed by atoms with E-state index in [0.29, 0.717) is 12.3 Å². The van der Waals surface area contributed by atoms with Gasteiger partial charge in [0.15, 0.2) is 0 Å². The van der Waals surface area contributed by atoms with Gasteiger partial charge in [-0.15, -0.1) is 0 Å². The van der Waals surface area contributed by atoms with Crippen LogP contribution in [-0.2, 0) is 14.3 Å². The quantitative estimate of drug-likeness (QED) is 0.864. The zero-order valence-electron chi connectivity index (χ0n) is 12.6. The maximum atomic E-state index is 12.6. The Morgan fingerprint density at radius 1 is 1.30 bits per heavy atom. The summed E-state index contributed by atoms with van der Waals surface area (Å²) in [6.45, 7) is 1.22. The van der Waals surface area contributed by atoms with Crippen molar-refractivity contribution in [2.24, 2.45) is 5.10 Å². The average molecular weight is 317 g/mol. The summed E-state index contributed by atoms with van der Waals surface area (Å²) >= 11 is 0. The van der Waals surface area contributed by atoms with E-state index in [1.54, 1.807) is 12.1 Å². The van der Waals surface area contributed by atoms with E-state index in [1.807, 2.05) is 18.2 Å². The Morgan fingerprint density at radius 3 is 2.74 bits per heavy atom. The molecule has 0 bridgehead atoms. The van der Waals surface area contributed by atoms with Crippen LogP contribution in [0.5, 0.6) is 0 Å². The summed E-state index contributed by atoms with van der Waals surface area (Å²) in [5, 5.41) is 17.7. The predicted molar refractivity (Wildman–Crippen MR) is 84.4 cm³/mol. The number of para-hydroxylation sites is 1. The van der Waals surface area contributed by atoms with Crippen LogP contribution in [0.1, 0.15) is 19.3 Å². The Morgan fingerprint density at radius 2 is 2.09 bits per heavy atom. The van der Waals surface area contributed by atoms with E-state index in [4.69, 9.17) is 4.74 Å². The zero-order valence-corrected chi connectivity index (χ0v) is 12.6. The molecule has 0 spiro atoms. The van der Waals surface area contributed by atoms with E-state index >= 15 is 0 Å². The van der Waals surface area contributed by atoms with Gasteiger partial charge < -0.3 is 15.2 Å². The maximum Gasteiger partial charge on any atom is 0.352 e. The minimum Gasteiger partial charge on any atom is -0.477 e. The molecular formula is C16H19N3O4. The van der Waals surface area contributed by atoms with Gasteiger partial charge in [-0.3, -0.25) is 9.80 Å². The predicted octanol–water partition coefficient (Wildman–Crippen LogP) is 1.00. The van der Waals surface area contributed by atoms with Crippen LogP contribution < -0.4 is 10.3 Å². The van der Waals surface area contributed by atoms with Crippen LogP contribution >= 0.6 is 0 Å². The summed E-state index contributed by atoms with van der Waals surface area (Å²) in [5.41, 5.74) is 0.692. The van der Waals surface area contributed by atoms with Crippen LogP contribution in [0, 0.1) is 0 Å². The van der Waals surface area contributed by atoms with Gasteiger partial charge in [-0.1, -0.05) is 18.2 Å². The second-order valence-corrected chi connectivity index (χ2v) is 5.67. The SMILES string of the molecule is O=C(O)C1=NN(c2ccccc2)[C@H](C(=O)N[C@H]2CCCOC2)C1. The molecule has 7 nitrogen and oxygen atoms in total. The first-order chi connectivity index (χ1) is 11.1. The van der Waals surface area contributed by atoms with Crippen molar-refractivity contribution in [1.29, 1.82) is 0 Å². The van der Waals surface area contributed by atoms with Crippen LogP contribution in [0.3, 0.4) is 0 Å². The van der Waals surface area contributed by atoms with Crippen LogP contribution in [0.2, 0.25) is 0 Å². The van der Waals surface area contributed by atoms with E-state index in [1.165, 1.54) is 5.01 Å². The molecular weight excluding hydrogens is 298 g/mol. The fourth-order valence-electron chi connectivity index (χ4n) is 2.81. The molecule has 2 heterocycles. The molecule has 0 saturated carbocycles. The minimum absolute atomic E-state index is 0.00565. The number of rotatable bonds is 4. The molecule has 23 heavy (non-hydrogen) atoms. The summed E-state index contributed by atoms with van der Waals surface area (Å²) in [6, 6.07) is 8.45. The number of nitrogens with one attached hydrogen (secondary N) is 1. The van der Waals surface area contributed by atoms with Gasteiger partial charge in [-0.2, -0.15) is 5.10 Å². The number of carbonyl (C=O) groups excluding carboxylic acids is 1. The van der Waals surface area contributed by atoms with Crippen molar-refractivity contribution in [1.82, 2.24) is 5.32 Å². The molecule has 0 aromatic heterocycles. The van der Waals surface area contributed by atoms with Crippen molar-refractivity contribution in [3.63, 3.8) is 0 Å². The molecule has 0 radical (unpaired) electrons.